The average molecular weight is 380 g/mol. The number of nitrogens with one attached hydrogen (secondary N) is 1. The smallest absolute Gasteiger partial charge is 0.408 e. The maximum Gasteiger partial charge on any atom is 0.408 e. The third-order valence-electron chi connectivity index (χ3n) is 6.02. The Hall–Kier alpha value is -3.02. The van der Waals surface area contributed by atoms with E-state index in [4.69, 9.17) is 4.74 Å². The van der Waals surface area contributed by atoms with E-state index in [1.165, 1.54) is 0 Å². The summed E-state index contributed by atoms with van der Waals surface area (Å²) in [4.78, 5) is 26.2. The van der Waals surface area contributed by atoms with E-state index in [1.54, 1.807) is 4.90 Å². The third-order valence-corrected chi connectivity index (χ3v) is 6.02. The Balaban J connectivity index is 1.57. The molecule has 2 aliphatic rings. The van der Waals surface area contributed by atoms with Crippen molar-refractivity contribution in [3.63, 3.8) is 0 Å². The number of alkyl carbamates (subject to hydrolysis) is 1. The van der Waals surface area contributed by atoms with Crippen molar-refractivity contribution in [1.82, 2.24) is 10.2 Å². The Kier molecular flexibility index (Phi) is 4.94. The van der Waals surface area contributed by atoms with Crippen molar-refractivity contribution in [3.8, 4) is 0 Å². The molecule has 0 unspecified atom stereocenters. The number of carbonyl (C=O) groups excluding carboxylic acids is 1. The number of hydrogen-bond acceptors (Lipinski definition) is 3. The summed E-state index contributed by atoms with van der Waals surface area (Å²) >= 11 is 0. The van der Waals surface area contributed by atoms with Gasteiger partial charge in [0.25, 0.3) is 0 Å². The van der Waals surface area contributed by atoms with Crippen molar-refractivity contribution in [3.05, 3.63) is 71.8 Å². The highest BCUT2D eigenvalue weighted by Crippen LogP contribution is 2.52. The molecule has 2 amide bonds. The Labute approximate surface area is 164 Å². The van der Waals surface area contributed by atoms with Crippen LogP contribution in [-0.2, 0) is 11.3 Å². The van der Waals surface area contributed by atoms with Gasteiger partial charge in [-0.15, -0.1) is 0 Å². The van der Waals surface area contributed by atoms with Crippen molar-refractivity contribution < 1.29 is 19.4 Å². The molecule has 0 aromatic heterocycles. The molecule has 2 N–H and O–H groups in total. The first kappa shape index (κ1) is 18.3. The maximum atomic E-state index is 12.6. The van der Waals surface area contributed by atoms with Gasteiger partial charge in [0, 0.05) is 6.04 Å². The number of benzene rings is 2. The summed E-state index contributed by atoms with van der Waals surface area (Å²) < 4.78 is 5.42. The second kappa shape index (κ2) is 7.54. The molecule has 2 heterocycles. The van der Waals surface area contributed by atoms with Crippen molar-refractivity contribution >= 4 is 12.2 Å². The van der Waals surface area contributed by atoms with Crippen molar-refractivity contribution in [2.24, 2.45) is 0 Å². The fraction of sp³-hybridized carbons (Fsp3) is 0.364. The minimum absolute atomic E-state index is 0.0332. The molecular weight excluding hydrogens is 356 g/mol. The molecule has 28 heavy (non-hydrogen) atoms. The zero-order valence-corrected chi connectivity index (χ0v) is 15.6. The highest BCUT2D eigenvalue weighted by atomic mass is 16.5. The van der Waals surface area contributed by atoms with Gasteiger partial charge in [0.2, 0.25) is 0 Å². The van der Waals surface area contributed by atoms with E-state index in [-0.39, 0.29) is 12.6 Å². The van der Waals surface area contributed by atoms with Gasteiger partial charge in [-0.3, -0.25) is 4.90 Å². The zero-order chi connectivity index (χ0) is 19.6. The van der Waals surface area contributed by atoms with E-state index in [0.717, 1.165) is 36.8 Å². The molecule has 0 spiro atoms. The Morgan fingerprint density at radius 3 is 2.29 bits per heavy atom. The lowest BCUT2D eigenvalue weighted by Crippen LogP contribution is -2.54. The van der Waals surface area contributed by atoms with Crippen LogP contribution in [-0.4, -0.2) is 33.8 Å². The van der Waals surface area contributed by atoms with Crippen LogP contribution in [0.1, 0.15) is 42.9 Å². The second-order valence-electron chi connectivity index (χ2n) is 7.54. The third kappa shape index (κ3) is 3.30. The van der Waals surface area contributed by atoms with Crippen LogP contribution in [0.5, 0.6) is 0 Å². The lowest BCUT2D eigenvalue weighted by molar-refractivity contribution is 0.0790. The van der Waals surface area contributed by atoms with Crippen LogP contribution < -0.4 is 5.32 Å². The molecule has 1 atom stereocenters. The summed E-state index contributed by atoms with van der Waals surface area (Å²) in [7, 11) is 0. The lowest BCUT2D eigenvalue weighted by atomic mass is 9.78. The highest BCUT2D eigenvalue weighted by Gasteiger charge is 2.58. The first-order valence-electron chi connectivity index (χ1n) is 9.64. The van der Waals surface area contributed by atoms with Gasteiger partial charge < -0.3 is 15.2 Å². The van der Waals surface area contributed by atoms with Crippen LogP contribution in [0.4, 0.5) is 9.59 Å². The predicted octanol–water partition coefficient (Wildman–Crippen LogP) is 4.33. The largest absolute Gasteiger partial charge is 0.465 e. The van der Waals surface area contributed by atoms with Crippen LogP contribution in [0.3, 0.4) is 0 Å². The molecule has 146 valence electrons. The van der Waals surface area contributed by atoms with Crippen LogP contribution in [0, 0.1) is 0 Å². The minimum atomic E-state index is -0.916. The van der Waals surface area contributed by atoms with Gasteiger partial charge in [-0.05, 0) is 36.8 Å². The van der Waals surface area contributed by atoms with E-state index in [9.17, 15) is 14.7 Å². The molecule has 2 fully saturated rings. The van der Waals surface area contributed by atoms with E-state index in [2.05, 4.69) is 5.32 Å². The van der Waals surface area contributed by atoms with Crippen LogP contribution in [0.25, 0.3) is 0 Å². The average Bonchev–Trinajstić information content (AvgIpc) is 3.29. The zero-order valence-electron chi connectivity index (χ0n) is 15.6. The number of amides is 2. The van der Waals surface area contributed by atoms with E-state index < -0.39 is 23.8 Å². The SMILES string of the molecule is O=C(N[C@H](c1ccccc1)C12CCC(CC1)N2C(=O)O)OCc1ccccc1. The summed E-state index contributed by atoms with van der Waals surface area (Å²) in [6, 6.07) is 18.7. The second-order valence-corrected chi connectivity index (χ2v) is 7.54. The Morgan fingerprint density at radius 1 is 1.07 bits per heavy atom. The molecular formula is C22H24N2O4. The number of carbonyl (C=O) groups is 2. The first-order valence-corrected chi connectivity index (χ1v) is 9.64. The van der Waals surface area contributed by atoms with Crippen molar-refractivity contribution in [1.29, 1.82) is 0 Å². The van der Waals surface area contributed by atoms with Gasteiger partial charge >= 0.3 is 12.2 Å². The number of rotatable bonds is 5. The van der Waals surface area contributed by atoms with E-state index in [0.29, 0.717) is 0 Å². The Bertz CT molecular complexity index is 832. The topological polar surface area (TPSA) is 78.9 Å². The van der Waals surface area contributed by atoms with Gasteiger partial charge in [-0.25, -0.2) is 9.59 Å². The quantitative estimate of drug-likeness (QED) is 0.809. The molecule has 0 aliphatic carbocycles. The summed E-state index contributed by atoms with van der Waals surface area (Å²) in [6.07, 6.45) is 1.69. The molecule has 2 aromatic carbocycles. The molecule has 0 radical (unpaired) electrons. The van der Waals surface area contributed by atoms with Crippen LogP contribution in [0.15, 0.2) is 60.7 Å². The number of nitrogens with zero attached hydrogens (tertiary/aromatic N) is 1. The summed E-state index contributed by atoms with van der Waals surface area (Å²) in [5, 5.41) is 12.8. The van der Waals surface area contributed by atoms with Gasteiger partial charge in [0.1, 0.15) is 6.61 Å². The Morgan fingerprint density at radius 2 is 1.68 bits per heavy atom. The number of fused-ring (bicyclic) bond motifs is 2. The summed E-state index contributed by atoms with van der Waals surface area (Å²) in [5.41, 5.74) is 1.18. The molecule has 0 saturated carbocycles. The van der Waals surface area contributed by atoms with Crippen molar-refractivity contribution in [2.75, 3.05) is 0 Å². The normalized spacial score (nSPS) is 24.0. The highest BCUT2D eigenvalue weighted by molar-refractivity contribution is 5.71. The van der Waals surface area contributed by atoms with Crippen molar-refractivity contribution in [2.45, 2.75) is 49.9 Å². The van der Waals surface area contributed by atoms with Crippen LogP contribution in [0.2, 0.25) is 0 Å². The number of carboxylic acid groups (broad SMARTS) is 1. The molecule has 2 saturated heterocycles. The fourth-order valence-corrected chi connectivity index (χ4v) is 4.80. The van der Waals surface area contributed by atoms with Gasteiger partial charge in [-0.2, -0.15) is 0 Å². The van der Waals surface area contributed by atoms with Gasteiger partial charge in [0.05, 0.1) is 11.6 Å². The molecule has 2 bridgehead atoms. The summed E-state index contributed by atoms with van der Waals surface area (Å²) in [5.74, 6) is 0. The molecule has 2 aromatic rings. The lowest BCUT2D eigenvalue weighted by Gasteiger charge is -2.40. The van der Waals surface area contributed by atoms with E-state index in [1.807, 2.05) is 60.7 Å². The molecule has 6 heteroatoms. The predicted molar refractivity (Wildman–Crippen MR) is 104 cm³/mol. The molecule has 4 rings (SSSR count). The maximum absolute atomic E-state index is 12.6. The minimum Gasteiger partial charge on any atom is -0.465 e. The monoisotopic (exact) mass is 380 g/mol. The van der Waals surface area contributed by atoms with Gasteiger partial charge in [-0.1, -0.05) is 60.7 Å². The van der Waals surface area contributed by atoms with Crippen LogP contribution >= 0.6 is 0 Å². The fourth-order valence-electron chi connectivity index (χ4n) is 4.80. The number of ether oxygens (including phenoxy) is 1. The van der Waals surface area contributed by atoms with Gasteiger partial charge in [0.15, 0.2) is 0 Å². The van der Waals surface area contributed by atoms with E-state index >= 15 is 0 Å². The number of hydrogen-bond donors (Lipinski definition) is 2. The molecule has 2 aliphatic heterocycles. The molecule has 6 nitrogen and oxygen atoms in total. The standard InChI is InChI=1S/C22H24N2O4/c25-20(28-15-16-7-3-1-4-8-16)23-19(17-9-5-2-6-10-17)22-13-11-18(12-14-22)24(22)21(26)27/h1-10,18-19H,11-15H2,(H,23,25)(H,26,27)/t18?,19-,22?/m1/s1. The summed E-state index contributed by atoms with van der Waals surface area (Å²) in [6.45, 7) is 0.173. The first-order chi connectivity index (χ1) is 13.6.